The molecule has 0 aliphatic carbocycles. The number of anilines is 1. The number of nitrogens with one attached hydrogen (secondary N) is 1. The number of carbonyl (C=O) groups excluding carboxylic acids is 2. The number of ether oxygens (including phenoxy) is 1. The van der Waals surface area contributed by atoms with Crippen molar-refractivity contribution in [3.8, 4) is 5.69 Å². The largest absolute Gasteiger partial charge is 0.452 e. The van der Waals surface area contributed by atoms with E-state index >= 15 is 0 Å². The molecule has 3 aromatic rings. The first-order valence-electron chi connectivity index (χ1n) is 8.19. The van der Waals surface area contributed by atoms with E-state index in [0.717, 1.165) is 0 Å². The van der Waals surface area contributed by atoms with Gasteiger partial charge < -0.3 is 10.1 Å². The van der Waals surface area contributed by atoms with Crippen molar-refractivity contribution in [2.75, 3.05) is 11.9 Å². The van der Waals surface area contributed by atoms with Gasteiger partial charge in [0.1, 0.15) is 16.5 Å². The molecule has 1 heterocycles. The van der Waals surface area contributed by atoms with Gasteiger partial charge in [-0.05, 0) is 49.4 Å². The zero-order valence-electron chi connectivity index (χ0n) is 14.9. The van der Waals surface area contributed by atoms with Crippen LogP contribution in [-0.4, -0.2) is 28.3 Å². The molecule has 2 aromatic carbocycles. The first-order valence-corrected chi connectivity index (χ1v) is 9.32. The first kappa shape index (κ1) is 21.1. The van der Waals surface area contributed by atoms with E-state index in [1.54, 1.807) is 13.0 Å². The van der Waals surface area contributed by atoms with Crippen LogP contribution in [0.4, 0.5) is 10.1 Å². The van der Waals surface area contributed by atoms with Crippen molar-refractivity contribution in [2.24, 2.45) is 0 Å². The SMILES string of the molecule is Cc1nn(-c2ccc(F)cc2)c(Cl)c1C(=O)OCC(=O)Nc1ccc(Cl)cc1Cl. The van der Waals surface area contributed by atoms with Gasteiger partial charge in [-0.25, -0.2) is 13.9 Å². The lowest BCUT2D eigenvalue weighted by molar-refractivity contribution is -0.119. The molecule has 1 amide bonds. The Bertz CT molecular complexity index is 1080. The molecule has 1 aromatic heterocycles. The average Bonchev–Trinajstić information content (AvgIpc) is 2.97. The Balaban J connectivity index is 1.69. The van der Waals surface area contributed by atoms with Crippen molar-refractivity contribution >= 4 is 52.4 Å². The Hall–Kier alpha value is -2.61. The van der Waals surface area contributed by atoms with Crippen molar-refractivity contribution < 1.29 is 18.7 Å². The van der Waals surface area contributed by atoms with Crippen LogP contribution in [0.3, 0.4) is 0 Å². The highest BCUT2D eigenvalue weighted by Gasteiger charge is 2.23. The number of amides is 1. The Kier molecular flexibility index (Phi) is 6.42. The van der Waals surface area contributed by atoms with E-state index in [9.17, 15) is 14.0 Å². The molecular formula is C19H13Cl3FN3O3. The van der Waals surface area contributed by atoms with E-state index in [0.29, 0.717) is 22.1 Å². The quantitative estimate of drug-likeness (QED) is 0.544. The summed E-state index contributed by atoms with van der Waals surface area (Å²) < 4.78 is 19.4. The summed E-state index contributed by atoms with van der Waals surface area (Å²) in [6.07, 6.45) is 0. The Morgan fingerprint density at radius 3 is 2.48 bits per heavy atom. The Morgan fingerprint density at radius 2 is 1.83 bits per heavy atom. The van der Waals surface area contributed by atoms with Crippen LogP contribution < -0.4 is 5.32 Å². The van der Waals surface area contributed by atoms with E-state index in [1.165, 1.54) is 41.1 Å². The average molecular weight is 457 g/mol. The second-order valence-corrected chi connectivity index (χ2v) is 7.09. The number of hydrogen-bond acceptors (Lipinski definition) is 4. The van der Waals surface area contributed by atoms with Crippen molar-refractivity contribution in [1.29, 1.82) is 0 Å². The molecule has 3 rings (SSSR count). The smallest absolute Gasteiger partial charge is 0.343 e. The molecule has 0 bridgehead atoms. The van der Waals surface area contributed by atoms with Crippen molar-refractivity contribution in [3.63, 3.8) is 0 Å². The Morgan fingerprint density at radius 1 is 1.14 bits per heavy atom. The predicted molar refractivity (Wildman–Crippen MR) is 109 cm³/mol. The van der Waals surface area contributed by atoms with Crippen molar-refractivity contribution in [3.05, 3.63) is 74.7 Å². The van der Waals surface area contributed by atoms with Crippen LogP contribution in [0, 0.1) is 12.7 Å². The fraction of sp³-hybridized carbons (Fsp3) is 0.105. The molecule has 6 nitrogen and oxygen atoms in total. The fourth-order valence-electron chi connectivity index (χ4n) is 2.46. The summed E-state index contributed by atoms with van der Waals surface area (Å²) in [6.45, 7) is 1.01. The summed E-state index contributed by atoms with van der Waals surface area (Å²) in [7, 11) is 0. The number of benzene rings is 2. The van der Waals surface area contributed by atoms with Crippen molar-refractivity contribution in [2.45, 2.75) is 6.92 Å². The molecule has 0 unspecified atom stereocenters. The summed E-state index contributed by atoms with van der Waals surface area (Å²) in [5.74, 6) is -1.83. The Labute approximate surface area is 180 Å². The first-order chi connectivity index (χ1) is 13.8. The third-order valence-corrected chi connectivity index (χ3v) is 4.72. The van der Waals surface area contributed by atoms with Gasteiger partial charge in [0.15, 0.2) is 6.61 Å². The van der Waals surface area contributed by atoms with E-state index in [4.69, 9.17) is 39.5 Å². The van der Waals surface area contributed by atoms with E-state index < -0.39 is 24.3 Å². The van der Waals surface area contributed by atoms with Gasteiger partial charge in [0, 0.05) is 5.02 Å². The van der Waals surface area contributed by atoms with Gasteiger partial charge in [0.05, 0.1) is 22.1 Å². The van der Waals surface area contributed by atoms with Crippen LogP contribution in [-0.2, 0) is 9.53 Å². The van der Waals surface area contributed by atoms with Gasteiger partial charge in [-0.3, -0.25) is 4.79 Å². The third kappa shape index (κ3) is 4.87. The minimum absolute atomic E-state index is 0.00770. The molecule has 0 aliphatic heterocycles. The van der Waals surface area contributed by atoms with E-state index in [2.05, 4.69) is 10.4 Å². The molecule has 10 heteroatoms. The lowest BCUT2D eigenvalue weighted by atomic mass is 10.2. The fourth-order valence-corrected chi connectivity index (χ4v) is 3.27. The normalized spacial score (nSPS) is 10.7. The second-order valence-electron chi connectivity index (χ2n) is 5.89. The van der Waals surface area contributed by atoms with Crippen molar-refractivity contribution in [1.82, 2.24) is 9.78 Å². The molecular weight excluding hydrogens is 444 g/mol. The maximum Gasteiger partial charge on any atom is 0.343 e. The monoisotopic (exact) mass is 455 g/mol. The van der Waals surface area contributed by atoms with Crippen LogP contribution >= 0.6 is 34.8 Å². The maximum atomic E-state index is 13.1. The topological polar surface area (TPSA) is 73.2 Å². The van der Waals surface area contributed by atoms with Gasteiger partial charge in [0.25, 0.3) is 5.91 Å². The minimum Gasteiger partial charge on any atom is -0.452 e. The highest BCUT2D eigenvalue weighted by molar-refractivity contribution is 6.36. The highest BCUT2D eigenvalue weighted by atomic mass is 35.5. The third-order valence-electron chi connectivity index (χ3n) is 3.82. The zero-order chi connectivity index (χ0) is 21.1. The molecule has 1 N–H and O–H groups in total. The van der Waals surface area contributed by atoms with Gasteiger partial charge in [0.2, 0.25) is 0 Å². The molecule has 29 heavy (non-hydrogen) atoms. The minimum atomic E-state index is -0.821. The summed E-state index contributed by atoms with van der Waals surface area (Å²) in [6, 6.07) is 9.97. The molecule has 150 valence electrons. The molecule has 0 radical (unpaired) electrons. The molecule has 0 saturated carbocycles. The van der Waals surface area contributed by atoms with E-state index in [1.807, 2.05) is 0 Å². The molecule has 0 spiro atoms. The lowest BCUT2D eigenvalue weighted by Crippen LogP contribution is -2.21. The molecule has 0 fully saturated rings. The van der Waals surface area contributed by atoms with Crippen LogP contribution in [0.25, 0.3) is 5.69 Å². The number of nitrogens with zero attached hydrogens (tertiary/aromatic N) is 2. The summed E-state index contributed by atoms with van der Waals surface area (Å²) in [4.78, 5) is 24.5. The number of halogens is 4. The number of esters is 1. The number of aromatic nitrogens is 2. The summed E-state index contributed by atoms with van der Waals surface area (Å²) >= 11 is 18.0. The number of aryl methyl sites for hydroxylation is 1. The van der Waals surface area contributed by atoms with Gasteiger partial charge in [-0.2, -0.15) is 5.10 Å². The second kappa shape index (κ2) is 8.82. The number of hydrogen-bond donors (Lipinski definition) is 1. The van der Waals surface area contributed by atoms with Gasteiger partial charge in [-0.1, -0.05) is 34.8 Å². The lowest BCUT2D eigenvalue weighted by Gasteiger charge is -2.08. The maximum absolute atomic E-state index is 13.1. The number of carbonyl (C=O) groups is 2. The van der Waals surface area contributed by atoms with E-state index in [-0.39, 0.29) is 15.7 Å². The number of rotatable bonds is 5. The van der Waals surface area contributed by atoms with Crippen LogP contribution in [0.2, 0.25) is 15.2 Å². The van der Waals surface area contributed by atoms with Crippen LogP contribution in [0.5, 0.6) is 0 Å². The van der Waals surface area contributed by atoms with Gasteiger partial charge >= 0.3 is 5.97 Å². The van der Waals surface area contributed by atoms with Crippen LogP contribution in [0.1, 0.15) is 16.1 Å². The molecule has 0 aliphatic rings. The predicted octanol–water partition coefficient (Wildman–Crippen LogP) is 5.08. The van der Waals surface area contributed by atoms with Gasteiger partial charge in [-0.15, -0.1) is 0 Å². The zero-order valence-corrected chi connectivity index (χ0v) is 17.1. The standard InChI is InChI=1S/C19H13Cl3FN3O3/c1-10-17(18(22)26(25-10)13-5-3-12(23)4-6-13)19(28)29-9-16(27)24-15-7-2-11(20)8-14(15)21/h2-8H,9H2,1H3,(H,24,27). The molecule has 0 saturated heterocycles. The summed E-state index contributed by atoms with van der Waals surface area (Å²) in [5, 5.41) is 7.34. The van der Waals surface area contributed by atoms with Crippen LogP contribution in [0.15, 0.2) is 42.5 Å². The molecule has 0 atom stereocenters. The summed E-state index contributed by atoms with van der Waals surface area (Å²) in [5.41, 5.74) is 1.10. The highest BCUT2D eigenvalue weighted by Crippen LogP contribution is 2.26.